The SMILES string of the molecule is CCO/C=N/c1nc2c(c(C)c1C#N)CCCC2. The number of nitrogens with zero attached hydrogens (tertiary/aromatic N) is 3. The van der Waals surface area contributed by atoms with Crippen molar-refractivity contribution in [3.8, 4) is 6.07 Å². The van der Waals surface area contributed by atoms with Crippen LogP contribution < -0.4 is 0 Å². The molecular weight excluding hydrogens is 226 g/mol. The smallest absolute Gasteiger partial charge is 0.176 e. The number of aliphatic imine (C=N–C) groups is 1. The predicted molar refractivity (Wildman–Crippen MR) is 70.1 cm³/mol. The number of aromatic nitrogens is 1. The molecule has 0 bridgehead atoms. The van der Waals surface area contributed by atoms with E-state index in [4.69, 9.17) is 4.74 Å². The summed E-state index contributed by atoms with van der Waals surface area (Å²) in [7, 11) is 0. The number of nitriles is 1. The first-order valence-electron chi connectivity index (χ1n) is 6.34. The van der Waals surface area contributed by atoms with Gasteiger partial charge in [-0.05, 0) is 50.7 Å². The summed E-state index contributed by atoms with van der Waals surface area (Å²) < 4.78 is 5.08. The van der Waals surface area contributed by atoms with Gasteiger partial charge in [0.05, 0.1) is 12.2 Å². The standard InChI is InChI=1S/C14H17N3O/c1-3-18-9-16-14-12(8-15)10(2)11-6-4-5-7-13(11)17-14/h9H,3-7H2,1-2H3/b16-9+. The Morgan fingerprint density at radius 1 is 1.44 bits per heavy atom. The molecule has 0 unspecified atom stereocenters. The van der Waals surface area contributed by atoms with Crippen molar-refractivity contribution in [2.24, 2.45) is 4.99 Å². The number of ether oxygens (including phenoxy) is 1. The van der Waals surface area contributed by atoms with E-state index in [1.54, 1.807) is 0 Å². The predicted octanol–water partition coefficient (Wildman–Crippen LogP) is 2.84. The van der Waals surface area contributed by atoms with E-state index in [9.17, 15) is 5.26 Å². The Kier molecular flexibility index (Phi) is 3.93. The summed E-state index contributed by atoms with van der Waals surface area (Å²) in [6.45, 7) is 4.45. The lowest BCUT2D eigenvalue weighted by molar-refractivity contribution is 0.344. The molecule has 0 radical (unpaired) electrons. The minimum Gasteiger partial charge on any atom is -0.483 e. The fraction of sp³-hybridized carbons (Fsp3) is 0.500. The van der Waals surface area contributed by atoms with Crippen LogP contribution in [0.25, 0.3) is 0 Å². The van der Waals surface area contributed by atoms with Gasteiger partial charge in [0.15, 0.2) is 12.2 Å². The van der Waals surface area contributed by atoms with Crippen molar-refractivity contribution < 1.29 is 4.74 Å². The van der Waals surface area contributed by atoms with Crippen molar-refractivity contribution in [2.45, 2.75) is 39.5 Å². The number of fused-ring (bicyclic) bond motifs is 1. The monoisotopic (exact) mass is 243 g/mol. The van der Waals surface area contributed by atoms with Gasteiger partial charge in [0.2, 0.25) is 0 Å². The largest absolute Gasteiger partial charge is 0.483 e. The molecule has 0 aromatic carbocycles. The second kappa shape index (κ2) is 5.63. The van der Waals surface area contributed by atoms with Gasteiger partial charge in [-0.15, -0.1) is 0 Å². The van der Waals surface area contributed by atoms with Crippen LogP contribution in [0.4, 0.5) is 5.82 Å². The average molecular weight is 243 g/mol. The van der Waals surface area contributed by atoms with Gasteiger partial charge in [0, 0.05) is 5.69 Å². The third-order valence-corrected chi connectivity index (χ3v) is 3.26. The van der Waals surface area contributed by atoms with Crippen LogP contribution in [0.5, 0.6) is 0 Å². The molecule has 0 saturated carbocycles. The van der Waals surface area contributed by atoms with Crippen LogP contribution in [-0.4, -0.2) is 18.0 Å². The Bertz CT molecular complexity index is 515. The fourth-order valence-corrected chi connectivity index (χ4v) is 2.31. The highest BCUT2D eigenvalue weighted by atomic mass is 16.5. The third-order valence-electron chi connectivity index (χ3n) is 3.26. The van der Waals surface area contributed by atoms with Crippen LogP contribution in [0.2, 0.25) is 0 Å². The van der Waals surface area contributed by atoms with E-state index in [2.05, 4.69) is 16.0 Å². The maximum absolute atomic E-state index is 9.25. The summed E-state index contributed by atoms with van der Waals surface area (Å²) in [4.78, 5) is 8.67. The zero-order valence-corrected chi connectivity index (χ0v) is 10.9. The average Bonchev–Trinajstić information content (AvgIpc) is 2.39. The van der Waals surface area contributed by atoms with Crippen molar-refractivity contribution in [3.63, 3.8) is 0 Å². The molecule has 0 fully saturated rings. The summed E-state index contributed by atoms with van der Waals surface area (Å²) in [5.41, 5.74) is 3.95. The first kappa shape index (κ1) is 12.6. The Balaban J connectivity index is 2.46. The van der Waals surface area contributed by atoms with Gasteiger partial charge in [-0.1, -0.05) is 0 Å². The van der Waals surface area contributed by atoms with E-state index >= 15 is 0 Å². The summed E-state index contributed by atoms with van der Waals surface area (Å²) in [6, 6.07) is 2.21. The summed E-state index contributed by atoms with van der Waals surface area (Å²) in [5, 5.41) is 9.25. The summed E-state index contributed by atoms with van der Waals surface area (Å²) in [5.74, 6) is 0.490. The lowest BCUT2D eigenvalue weighted by Crippen LogP contribution is -2.09. The highest BCUT2D eigenvalue weighted by molar-refractivity contribution is 5.62. The molecule has 1 aliphatic carbocycles. The molecule has 1 heterocycles. The molecule has 4 nitrogen and oxygen atoms in total. The molecule has 4 heteroatoms. The number of aryl methyl sites for hydroxylation is 1. The van der Waals surface area contributed by atoms with Gasteiger partial charge in [-0.25, -0.2) is 4.98 Å². The van der Waals surface area contributed by atoms with Gasteiger partial charge in [0.1, 0.15) is 6.07 Å². The van der Waals surface area contributed by atoms with Crippen LogP contribution in [-0.2, 0) is 17.6 Å². The molecule has 0 saturated heterocycles. The molecule has 2 rings (SSSR count). The Hall–Kier alpha value is -1.89. The van der Waals surface area contributed by atoms with Crippen LogP contribution in [0.3, 0.4) is 0 Å². The van der Waals surface area contributed by atoms with E-state index in [1.165, 1.54) is 24.8 Å². The van der Waals surface area contributed by atoms with Crippen molar-refractivity contribution in [3.05, 3.63) is 22.4 Å². The lowest BCUT2D eigenvalue weighted by atomic mass is 9.90. The second-order valence-electron chi connectivity index (χ2n) is 4.37. The van der Waals surface area contributed by atoms with Crippen molar-refractivity contribution in [1.82, 2.24) is 4.98 Å². The highest BCUT2D eigenvalue weighted by Gasteiger charge is 2.18. The molecule has 1 aliphatic rings. The Morgan fingerprint density at radius 2 is 2.22 bits per heavy atom. The Labute approximate surface area is 107 Å². The van der Waals surface area contributed by atoms with Gasteiger partial charge >= 0.3 is 0 Å². The van der Waals surface area contributed by atoms with Gasteiger partial charge in [-0.2, -0.15) is 10.3 Å². The fourth-order valence-electron chi connectivity index (χ4n) is 2.31. The van der Waals surface area contributed by atoms with Crippen LogP contribution in [0.15, 0.2) is 4.99 Å². The number of hydrogen-bond acceptors (Lipinski definition) is 4. The molecule has 0 atom stereocenters. The number of hydrogen-bond donors (Lipinski definition) is 0. The molecular formula is C14H17N3O. The minimum absolute atomic E-state index is 0.490. The molecule has 18 heavy (non-hydrogen) atoms. The van der Waals surface area contributed by atoms with Crippen LogP contribution in [0.1, 0.15) is 42.1 Å². The maximum Gasteiger partial charge on any atom is 0.176 e. The first-order chi connectivity index (χ1) is 8.77. The van der Waals surface area contributed by atoms with Gasteiger partial charge < -0.3 is 4.74 Å². The van der Waals surface area contributed by atoms with E-state index in [0.717, 1.165) is 24.1 Å². The summed E-state index contributed by atoms with van der Waals surface area (Å²) >= 11 is 0. The maximum atomic E-state index is 9.25. The molecule has 0 aliphatic heterocycles. The normalized spacial score (nSPS) is 14.3. The molecule has 94 valence electrons. The van der Waals surface area contributed by atoms with E-state index in [-0.39, 0.29) is 0 Å². The van der Waals surface area contributed by atoms with E-state index in [0.29, 0.717) is 18.0 Å². The van der Waals surface area contributed by atoms with E-state index < -0.39 is 0 Å². The first-order valence-corrected chi connectivity index (χ1v) is 6.34. The molecule has 0 N–H and O–H groups in total. The quantitative estimate of drug-likeness (QED) is 0.606. The molecule has 0 amide bonds. The van der Waals surface area contributed by atoms with Crippen LogP contribution in [0, 0.1) is 18.3 Å². The zero-order valence-electron chi connectivity index (χ0n) is 10.9. The topological polar surface area (TPSA) is 58.3 Å². The number of rotatable bonds is 3. The van der Waals surface area contributed by atoms with Crippen molar-refractivity contribution >= 4 is 12.2 Å². The van der Waals surface area contributed by atoms with Crippen molar-refractivity contribution in [2.75, 3.05) is 6.61 Å². The number of pyridine rings is 1. The van der Waals surface area contributed by atoms with Gasteiger partial charge in [-0.3, -0.25) is 0 Å². The molecule has 1 aromatic heterocycles. The molecule has 1 aromatic rings. The van der Waals surface area contributed by atoms with Crippen LogP contribution >= 0.6 is 0 Å². The third kappa shape index (κ3) is 2.35. The highest BCUT2D eigenvalue weighted by Crippen LogP contribution is 2.29. The van der Waals surface area contributed by atoms with E-state index in [1.807, 2.05) is 13.8 Å². The zero-order chi connectivity index (χ0) is 13.0. The van der Waals surface area contributed by atoms with Crippen molar-refractivity contribution in [1.29, 1.82) is 5.26 Å². The second-order valence-corrected chi connectivity index (χ2v) is 4.37. The van der Waals surface area contributed by atoms with Gasteiger partial charge in [0.25, 0.3) is 0 Å². The lowest BCUT2D eigenvalue weighted by Gasteiger charge is -2.18. The minimum atomic E-state index is 0.490. The Morgan fingerprint density at radius 3 is 2.94 bits per heavy atom. The molecule has 0 spiro atoms. The summed E-state index contributed by atoms with van der Waals surface area (Å²) in [6.07, 6.45) is 5.73.